The molecule has 0 aliphatic heterocycles. The zero-order valence-electron chi connectivity index (χ0n) is 9.42. The molecule has 1 amide bonds. The van der Waals surface area contributed by atoms with E-state index in [1.54, 1.807) is 12.3 Å². The van der Waals surface area contributed by atoms with Gasteiger partial charge in [0.1, 0.15) is 0 Å². The molecule has 2 heterocycles. The summed E-state index contributed by atoms with van der Waals surface area (Å²) in [5, 5.41) is 2.66. The van der Waals surface area contributed by atoms with Crippen LogP contribution in [0.3, 0.4) is 0 Å². The summed E-state index contributed by atoms with van der Waals surface area (Å²) in [6, 6.07) is 1.92. The van der Waals surface area contributed by atoms with E-state index in [9.17, 15) is 4.79 Å². The third-order valence-corrected chi connectivity index (χ3v) is 2.47. The Kier molecular flexibility index (Phi) is 3.83. The number of hydrogen-bond donors (Lipinski definition) is 1. The molecule has 18 heavy (non-hydrogen) atoms. The first-order valence-corrected chi connectivity index (χ1v) is 5.76. The van der Waals surface area contributed by atoms with E-state index in [2.05, 4.69) is 36.2 Å². The van der Waals surface area contributed by atoms with Crippen molar-refractivity contribution in [3.63, 3.8) is 0 Å². The van der Waals surface area contributed by atoms with Gasteiger partial charge >= 0.3 is 6.01 Å². The van der Waals surface area contributed by atoms with Crippen LogP contribution in [0.4, 0.5) is 5.69 Å². The van der Waals surface area contributed by atoms with Crippen molar-refractivity contribution in [3.05, 3.63) is 40.9 Å². The Morgan fingerprint density at radius 1 is 1.28 bits per heavy atom. The summed E-state index contributed by atoms with van der Waals surface area (Å²) >= 11 is 3.25. The van der Waals surface area contributed by atoms with Gasteiger partial charge in [-0.15, -0.1) is 0 Å². The second kappa shape index (κ2) is 5.54. The molecule has 0 unspecified atom stereocenters. The van der Waals surface area contributed by atoms with Gasteiger partial charge in [0.2, 0.25) is 0 Å². The maximum Gasteiger partial charge on any atom is 0.316 e. The lowest BCUT2D eigenvalue weighted by Gasteiger charge is -2.04. The number of carbonyl (C=O) groups is 1. The van der Waals surface area contributed by atoms with Gasteiger partial charge < -0.3 is 10.1 Å². The highest BCUT2D eigenvalue weighted by molar-refractivity contribution is 9.10. The Balaban J connectivity index is 2.11. The molecule has 6 nitrogen and oxygen atoms in total. The third kappa shape index (κ3) is 3.01. The first-order chi connectivity index (χ1) is 8.69. The Bertz CT molecular complexity index is 559. The molecule has 0 saturated heterocycles. The quantitative estimate of drug-likeness (QED) is 0.937. The standard InChI is InChI=1S/C11H9BrN4O2/c1-18-11-14-5-9(6-15-11)16-10(17)7-2-8(12)4-13-3-7/h2-6H,1H3,(H,16,17). The fourth-order valence-electron chi connectivity index (χ4n) is 1.23. The molecule has 0 atom stereocenters. The monoisotopic (exact) mass is 308 g/mol. The van der Waals surface area contributed by atoms with Gasteiger partial charge in [0.25, 0.3) is 5.91 Å². The lowest BCUT2D eigenvalue weighted by atomic mass is 10.2. The summed E-state index contributed by atoms with van der Waals surface area (Å²) in [4.78, 5) is 23.6. The minimum Gasteiger partial charge on any atom is -0.467 e. The molecule has 0 spiro atoms. The molecule has 0 radical (unpaired) electrons. The van der Waals surface area contributed by atoms with Gasteiger partial charge in [0.05, 0.1) is 30.8 Å². The van der Waals surface area contributed by atoms with Crippen LogP contribution in [0.2, 0.25) is 0 Å². The molecular weight excluding hydrogens is 300 g/mol. The third-order valence-electron chi connectivity index (χ3n) is 2.04. The normalized spacial score (nSPS) is 9.89. The Hall–Kier alpha value is -2.02. The fraction of sp³-hybridized carbons (Fsp3) is 0.0909. The Morgan fingerprint density at radius 3 is 2.61 bits per heavy atom. The van der Waals surface area contributed by atoms with E-state index in [-0.39, 0.29) is 11.9 Å². The van der Waals surface area contributed by atoms with E-state index < -0.39 is 0 Å². The van der Waals surface area contributed by atoms with Gasteiger partial charge in [-0.1, -0.05) is 0 Å². The minimum absolute atomic E-state index is 0.247. The number of nitrogens with zero attached hydrogens (tertiary/aromatic N) is 3. The van der Waals surface area contributed by atoms with Gasteiger partial charge in [-0.2, -0.15) is 0 Å². The fourth-order valence-corrected chi connectivity index (χ4v) is 1.59. The van der Waals surface area contributed by atoms with Crippen LogP contribution in [-0.2, 0) is 0 Å². The van der Waals surface area contributed by atoms with Crippen molar-refractivity contribution in [2.45, 2.75) is 0 Å². The molecule has 0 aromatic carbocycles. The summed E-state index contributed by atoms with van der Waals surface area (Å²) in [6.07, 6.45) is 6.02. The maximum absolute atomic E-state index is 11.9. The van der Waals surface area contributed by atoms with Crippen molar-refractivity contribution in [2.75, 3.05) is 12.4 Å². The largest absolute Gasteiger partial charge is 0.467 e. The van der Waals surface area contributed by atoms with Crippen molar-refractivity contribution in [3.8, 4) is 6.01 Å². The van der Waals surface area contributed by atoms with Gasteiger partial charge in [-0.05, 0) is 22.0 Å². The van der Waals surface area contributed by atoms with Crippen LogP contribution in [0.25, 0.3) is 0 Å². The number of rotatable bonds is 3. The molecule has 0 aliphatic rings. The van der Waals surface area contributed by atoms with Crippen molar-refractivity contribution >= 4 is 27.5 Å². The number of ether oxygens (including phenoxy) is 1. The molecule has 7 heteroatoms. The van der Waals surface area contributed by atoms with Crippen LogP contribution < -0.4 is 10.1 Å². The lowest BCUT2D eigenvalue weighted by Crippen LogP contribution is -2.12. The number of hydrogen-bond acceptors (Lipinski definition) is 5. The molecule has 0 bridgehead atoms. The summed E-state index contributed by atoms with van der Waals surface area (Å²) in [7, 11) is 1.47. The van der Waals surface area contributed by atoms with Gasteiger partial charge in [0.15, 0.2) is 0 Å². The van der Waals surface area contributed by atoms with Crippen LogP contribution in [0, 0.1) is 0 Å². The van der Waals surface area contributed by atoms with Crippen molar-refractivity contribution in [1.29, 1.82) is 0 Å². The number of pyridine rings is 1. The van der Waals surface area contributed by atoms with Gasteiger partial charge in [0, 0.05) is 16.9 Å². The first kappa shape index (κ1) is 12.4. The summed E-state index contributed by atoms with van der Waals surface area (Å²) in [5.41, 5.74) is 0.931. The topological polar surface area (TPSA) is 77.0 Å². The van der Waals surface area contributed by atoms with E-state index >= 15 is 0 Å². The van der Waals surface area contributed by atoms with E-state index in [1.165, 1.54) is 25.7 Å². The number of carbonyl (C=O) groups excluding carboxylic acids is 1. The number of methoxy groups -OCH3 is 1. The molecule has 2 aromatic heterocycles. The zero-order valence-corrected chi connectivity index (χ0v) is 11.0. The molecule has 0 fully saturated rings. The predicted octanol–water partition coefficient (Wildman–Crippen LogP) is 1.89. The Morgan fingerprint density at radius 2 is 2.00 bits per heavy atom. The SMILES string of the molecule is COc1ncc(NC(=O)c2cncc(Br)c2)cn1. The molecular formula is C11H9BrN4O2. The van der Waals surface area contributed by atoms with Crippen LogP contribution in [-0.4, -0.2) is 28.0 Å². The van der Waals surface area contributed by atoms with Gasteiger partial charge in [-0.3, -0.25) is 9.78 Å². The van der Waals surface area contributed by atoms with E-state index in [0.29, 0.717) is 11.3 Å². The van der Waals surface area contributed by atoms with E-state index in [1.807, 2.05) is 0 Å². The van der Waals surface area contributed by atoms with E-state index in [4.69, 9.17) is 4.74 Å². The van der Waals surface area contributed by atoms with Crippen LogP contribution in [0.1, 0.15) is 10.4 Å². The molecule has 2 rings (SSSR count). The molecule has 2 aromatic rings. The summed E-state index contributed by atoms with van der Waals surface area (Å²) in [6.45, 7) is 0. The number of amides is 1. The lowest BCUT2D eigenvalue weighted by molar-refractivity contribution is 0.102. The number of aromatic nitrogens is 3. The average Bonchev–Trinajstić information content (AvgIpc) is 2.39. The van der Waals surface area contributed by atoms with Gasteiger partial charge in [-0.25, -0.2) is 9.97 Å². The average molecular weight is 309 g/mol. The van der Waals surface area contributed by atoms with E-state index in [0.717, 1.165) is 4.47 Å². The predicted molar refractivity (Wildman–Crippen MR) is 68.5 cm³/mol. The van der Waals surface area contributed by atoms with Crippen LogP contribution >= 0.6 is 15.9 Å². The van der Waals surface area contributed by atoms with Crippen molar-refractivity contribution in [1.82, 2.24) is 15.0 Å². The maximum atomic E-state index is 11.9. The summed E-state index contributed by atoms with van der Waals surface area (Å²) < 4.78 is 5.56. The first-order valence-electron chi connectivity index (χ1n) is 4.97. The number of halogens is 1. The highest BCUT2D eigenvalue weighted by Crippen LogP contribution is 2.12. The highest BCUT2D eigenvalue weighted by atomic mass is 79.9. The second-order valence-electron chi connectivity index (χ2n) is 3.30. The smallest absolute Gasteiger partial charge is 0.316 e. The van der Waals surface area contributed by atoms with Crippen molar-refractivity contribution < 1.29 is 9.53 Å². The van der Waals surface area contributed by atoms with Crippen LogP contribution in [0.15, 0.2) is 35.3 Å². The number of anilines is 1. The van der Waals surface area contributed by atoms with Crippen LogP contribution in [0.5, 0.6) is 6.01 Å². The summed E-state index contributed by atoms with van der Waals surface area (Å²) in [5.74, 6) is -0.280. The molecule has 92 valence electrons. The Labute approximate surface area is 112 Å². The highest BCUT2D eigenvalue weighted by Gasteiger charge is 2.07. The second-order valence-corrected chi connectivity index (χ2v) is 4.22. The molecule has 0 saturated carbocycles. The molecule has 0 aliphatic carbocycles. The molecule has 1 N–H and O–H groups in total. The zero-order chi connectivity index (χ0) is 13.0. The number of nitrogens with one attached hydrogen (secondary N) is 1. The minimum atomic E-state index is -0.280. The van der Waals surface area contributed by atoms with Crippen molar-refractivity contribution in [2.24, 2.45) is 0 Å².